The molecule has 1 aromatic heterocycles. The Morgan fingerprint density at radius 2 is 1.82 bits per heavy atom. The highest BCUT2D eigenvalue weighted by Crippen LogP contribution is 2.37. The summed E-state index contributed by atoms with van der Waals surface area (Å²) in [6.07, 6.45) is 2.72. The third-order valence-electron chi connectivity index (χ3n) is 5.99. The molecule has 0 radical (unpaired) electrons. The maximum Gasteiger partial charge on any atom is 0.254 e. The number of benzene rings is 2. The minimum Gasteiger partial charge on any atom is -0.496 e. The van der Waals surface area contributed by atoms with E-state index < -0.39 is 5.82 Å². The number of para-hydroxylation sites is 1. The van der Waals surface area contributed by atoms with Crippen LogP contribution >= 0.6 is 0 Å². The number of hydrogen-bond acceptors (Lipinski definition) is 3. The zero-order chi connectivity index (χ0) is 23.4. The highest BCUT2D eigenvalue weighted by molar-refractivity contribution is 5.96. The van der Waals surface area contributed by atoms with E-state index in [1.165, 1.54) is 24.3 Å². The summed E-state index contributed by atoms with van der Waals surface area (Å²) in [5.41, 5.74) is 2.28. The molecular formula is C26H28FN3O3. The number of rotatable bonds is 7. The van der Waals surface area contributed by atoms with E-state index in [1.54, 1.807) is 12.0 Å². The van der Waals surface area contributed by atoms with Crippen molar-refractivity contribution in [1.82, 2.24) is 14.4 Å². The van der Waals surface area contributed by atoms with Crippen LogP contribution in [0.3, 0.4) is 0 Å². The third-order valence-corrected chi connectivity index (χ3v) is 5.99. The van der Waals surface area contributed by atoms with Crippen LogP contribution in [0.4, 0.5) is 4.39 Å². The van der Waals surface area contributed by atoms with E-state index in [4.69, 9.17) is 4.74 Å². The second-order valence-corrected chi connectivity index (χ2v) is 8.09. The van der Waals surface area contributed by atoms with Crippen LogP contribution in [-0.4, -0.2) is 52.9 Å². The van der Waals surface area contributed by atoms with Crippen molar-refractivity contribution < 1.29 is 18.7 Å². The van der Waals surface area contributed by atoms with Gasteiger partial charge in [-0.15, -0.1) is 0 Å². The average Bonchev–Trinajstić information content (AvgIpc) is 3.32. The van der Waals surface area contributed by atoms with Gasteiger partial charge in [-0.25, -0.2) is 4.39 Å². The van der Waals surface area contributed by atoms with Gasteiger partial charge in [0.25, 0.3) is 5.91 Å². The van der Waals surface area contributed by atoms with E-state index >= 15 is 0 Å². The Bertz CT molecular complexity index is 1130. The molecule has 1 unspecified atom stereocenters. The fraction of sp³-hybridized carbons (Fsp3) is 0.308. The molecule has 1 aliphatic heterocycles. The van der Waals surface area contributed by atoms with Crippen LogP contribution < -0.4 is 4.74 Å². The smallest absolute Gasteiger partial charge is 0.254 e. The molecule has 172 valence electrons. The normalized spacial score (nSPS) is 15.1. The zero-order valence-electron chi connectivity index (χ0n) is 18.9. The van der Waals surface area contributed by atoms with Crippen LogP contribution in [-0.2, 0) is 11.3 Å². The van der Waals surface area contributed by atoms with Crippen LogP contribution in [0.2, 0.25) is 0 Å². The van der Waals surface area contributed by atoms with Crippen LogP contribution in [0.5, 0.6) is 5.75 Å². The summed E-state index contributed by atoms with van der Waals surface area (Å²) in [5, 5.41) is 0. The molecule has 2 amide bonds. The van der Waals surface area contributed by atoms with Gasteiger partial charge in [0.15, 0.2) is 0 Å². The predicted molar refractivity (Wildman–Crippen MR) is 124 cm³/mol. The first-order chi connectivity index (χ1) is 16.0. The van der Waals surface area contributed by atoms with Gasteiger partial charge >= 0.3 is 0 Å². The molecule has 0 saturated heterocycles. The lowest BCUT2D eigenvalue weighted by molar-refractivity contribution is -0.134. The van der Waals surface area contributed by atoms with E-state index in [-0.39, 0.29) is 24.4 Å². The fourth-order valence-electron chi connectivity index (χ4n) is 4.42. The van der Waals surface area contributed by atoms with Crippen molar-refractivity contribution in [3.8, 4) is 5.75 Å². The Labute approximate surface area is 193 Å². The maximum atomic E-state index is 13.6. The molecule has 0 bridgehead atoms. The molecule has 4 rings (SSSR count). The van der Waals surface area contributed by atoms with Crippen molar-refractivity contribution in [1.29, 1.82) is 0 Å². The van der Waals surface area contributed by atoms with Gasteiger partial charge in [-0.2, -0.15) is 0 Å². The lowest BCUT2D eigenvalue weighted by atomic mass is 9.98. The topological polar surface area (TPSA) is 54.8 Å². The second-order valence-electron chi connectivity index (χ2n) is 8.09. The van der Waals surface area contributed by atoms with Crippen molar-refractivity contribution >= 4 is 11.8 Å². The molecule has 1 aliphatic rings. The van der Waals surface area contributed by atoms with Crippen LogP contribution in [0, 0.1) is 5.82 Å². The Morgan fingerprint density at radius 3 is 2.55 bits per heavy atom. The highest BCUT2D eigenvalue weighted by Gasteiger charge is 2.35. The van der Waals surface area contributed by atoms with Gasteiger partial charge in [-0.05, 0) is 48.9 Å². The number of hydrogen-bond donors (Lipinski definition) is 0. The molecule has 2 heterocycles. The minimum absolute atomic E-state index is 0.0452. The van der Waals surface area contributed by atoms with Gasteiger partial charge in [0.1, 0.15) is 24.2 Å². The van der Waals surface area contributed by atoms with E-state index in [9.17, 15) is 14.0 Å². The standard InChI is InChI=1S/C26H28FN3O3/c1-3-14-29(26(32)19-10-12-20(27)13-11-19)18-24(31)30-17-16-28-15-6-8-22(28)25(30)21-7-4-5-9-23(21)33-2/h4-13,15,25H,3,14,16-18H2,1-2H3. The van der Waals surface area contributed by atoms with Crippen LogP contribution in [0.25, 0.3) is 0 Å². The van der Waals surface area contributed by atoms with Gasteiger partial charge in [0, 0.05) is 42.7 Å². The summed E-state index contributed by atoms with van der Waals surface area (Å²) in [5.74, 6) is -0.106. The summed E-state index contributed by atoms with van der Waals surface area (Å²) in [6, 6.07) is 16.8. The molecule has 0 N–H and O–H groups in total. The summed E-state index contributed by atoms with van der Waals surface area (Å²) in [4.78, 5) is 30.1. The first-order valence-corrected chi connectivity index (χ1v) is 11.2. The fourth-order valence-corrected chi connectivity index (χ4v) is 4.42. The summed E-state index contributed by atoms with van der Waals surface area (Å²) >= 11 is 0. The number of fused-ring (bicyclic) bond motifs is 1. The lowest BCUT2D eigenvalue weighted by Crippen LogP contribution is -2.48. The zero-order valence-corrected chi connectivity index (χ0v) is 18.9. The lowest BCUT2D eigenvalue weighted by Gasteiger charge is -2.39. The Kier molecular flexibility index (Phi) is 6.77. The number of ether oxygens (including phenoxy) is 1. The molecular weight excluding hydrogens is 421 g/mol. The summed E-state index contributed by atoms with van der Waals surface area (Å²) < 4.78 is 21.1. The summed E-state index contributed by atoms with van der Waals surface area (Å²) in [7, 11) is 1.62. The largest absolute Gasteiger partial charge is 0.496 e. The molecule has 0 fully saturated rings. The molecule has 6 nitrogen and oxygen atoms in total. The molecule has 0 aliphatic carbocycles. The molecule has 33 heavy (non-hydrogen) atoms. The van der Waals surface area contributed by atoms with Crippen molar-refractivity contribution in [2.75, 3.05) is 26.7 Å². The molecule has 7 heteroatoms. The van der Waals surface area contributed by atoms with Gasteiger partial charge in [0.05, 0.1) is 7.11 Å². The van der Waals surface area contributed by atoms with E-state index in [2.05, 4.69) is 4.57 Å². The second kappa shape index (κ2) is 9.90. The van der Waals surface area contributed by atoms with Crippen LogP contribution in [0.1, 0.15) is 41.0 Å². The quantitative estimate of drug-likeness (QED) is 0.545. The first-order valence-electron chi connectivity index (χ1n) is 11.2. The third kappa shape index (κ3) is 4.62. The predicted octanol–water partition coefficient (Wildman–Crippen LogP) is 4.12. The minimum atomic E-state index is -0.402. The molecule has 0 saturated carbocycles. The summed E-state index contributed by atoms with van der Waals surface area (Å²) in [6.45, 7) is 3.55. The Morgan fingerprint density at radius 1 is 1.06 bits per heavy atom. The number of methoxy groups -OCH3 is 1. The van der Waals surface area contributed by atoms with Crippen molar-refractivity contribution in [2.45, 2.75) is 25.9 Å². The molecule has 1 atom stereocenters. The van der Waals surface area contributed by atoms with Gasteiger partial charge in [-0.3, -0.25) is 9.59 Å². The number of nitrogens with zero attached hydrogens (tertiary/aromatic N) is 3. The van der Waals surface area contributed by atoms with E-state index in [0.717, 1.165) is 11.3 Å². The van der Waals surface area contributed by atoms with E-state index in [0.29, 0.717) is 37.4 Å². The average molecular weight is 450 g/mol. The van der Waals surface area contributed by atoms with Crippen LogP contribution in [0.15, 0.2) is 66.9 Å². The van der Waals surface area contributed by atoms with Gasteiger partial charge < -0.3 is 19.1 Å². The van der Waals surface area contributed by atoms with E-state index in [1.807, 2.05) is 54.4 Å². The number of aromatic nitrogens is 1. The first kappa shape index (κ1) is 22.6. The number of amides is 2. The highest BCUT2D eigenvalue weighted by atomic mass is 19.1. The Balaban J connectivity index is 1.63. The Hall–Kier alpha value is -3.61. The van der Waals surface area contributed by atoms with Gasteiger partial charge in [-0.1, -0.05) is 25.1 Å². The van der Waals surface area contributed by atoms with Crippen molar-refractivity contribution in [2.24, 2.45) is 0 Å². The number of halogens is 1. The molecule has 3 aromatic rings. The molecule has 2 aromatic carbocycles. The SMILES string of the molecule is CCCN(CC(=O)N1CCn2cccc2C1c1ccccc1OC)C(=O)c1ccc(F)cc1. The van der Waals surface area contributed by atoms with Gasteiger partial charge in [0.2, 0.25) is 5.91 Å². The maximum absolute atomic E-state index is 13.6. The van der Waals surface area contributed by atoms with Crippen molar-refractivity contribution in [3.63, 3.8) is 0 Å². The number of carbonyl (C=O) groups excluding carboxylic acids is 2. The number of carbonyl (C=O) groups is 2. The van der Waals surface area contributed by atoms with Crippen molar-refractivity contribution in [3.05, 3.63) is 89.5 Å². The monoisotopic (exact) mass is 449 g/mol. The molecule has 0 spiro atoms.